The average molecular weight is 274 g/mol. The summed E-state index contributed by atoms with van der Waals surface area (Å²) in [6, 6.07) is 3.47. The van der Waals surface area contributed by atoms with E-state index in [1.807, 2.05) is 0 Å². The Kier molecular flexibility index (Phi) is 5.54. The van der Waals surface area contributed by atoms with Gasteiger partial charge in [-0.3, -0.25) is 4.79 Å². The normalized spacial score (nSPS) is 15.2. The van der Waals surface area contributed by atoms with E-state index in [0.29, 0.717) is 38.4 Å². The monoisotopic (exact) mass is 274 g/mol. The SMILES string of the molecule is O=C(c1ccc(C#CCCO)cn1)N1CCCOCC1. The summed E-state index contributed by atoms with van der Waals surface area (Å²) in [5.74, 6) is 5.64. The number of hydrogen-bond acceptors (Lipinski definition) is 4. The third kappa shape index (κ3) is 4.05. The highest BCUT2D eigenvalue weighted by Gasteiger charge is 2.18. The second kappa shape index (κ2) is 7.63. The van der Waals surface area contributed by atoms with Crippen molar-refractivity contribution in [2.24, 2.45) is 0 Å². The quantitative estimate of drug-likeness (QED) is 0.806. The van der Waals surface area contributed by atoms with Crippen LogP contribution in [-0.4, -0.2) is 53.8 Å². The molecule has 2 rings (SSSR count). The molecule has 0 saturated carbocycles. The minimum absolute atomic E-state index is 0.0496. The van der Waals surface area contributed by atoms with E-state index in [1.54, 1.807) is 23.2 Å². The number of amides is 1. The molecule has 1 fully saturated rings. The zero-order chi connectivity index (χ0) is 14.2. The smallest absolute Gasteiger partial charge is 0.272 e. The molecule has 1 aliphatic heterocycles. The number of aromatic nitrogens is 1. The number of aliphatic hydroxyl groups is 1. The number of aliphatic hydroxyl groups excluding tert-OH is 1. The average Bonchev–Trinajstić information content (AvgIpc) is 2.77. The van der Waals surface area contributed by atoms with Gasteiger partial charge in [-0.2, -0.15) is 0 Å². The summed E-state index contributed by atoms with van der Waals surface area (Å²) in [6.07, 6.45) is 2.89. The van der Waals surface area contributed by atoms with Gasteiger partial charge in [-0.25, -0.2) is 4.98 Å². The van der Waals surface area contributed by atoms with Gasteiger partial charge < -0.3 is 14.7 Å². The van der Waals surface area contributed by atoms with Gasteiger partial charge in [0.2, 0.25) is 0 Å². The lowest BCUT2D eigenvalue weighted by Gasteiger charge is -2.18. The van der Waals surface area contributed by atoms with Gasteiger partial charge >= 0.3 is 0 Å². The summed E-state index contributed by atoms with van der Waals surface area (Å²) in [7, 11) is 0. The third-order valence-electron chi connectivity index (χ3n) is 2.96. The van der Waals surface area contributed by atoms with Crippen LogP contribution in [0.4, 0.5) is 0 Å². The topological polar surface area (TPSA) is 62.7 Å². The summed E-state index contributed by atoms with van der Waals surface area (Å²) in [5.41, 5.74) is 1.17. The molecule has 20 heavy (non-hydrogen) atoms. The van der Waals surface area contributed by atoms with E-state index in [-0.39, 0.29) is 12.5 Å². The maximum absolute atomic E-state index is 12.3. The number of rotatable bonds is 2. The van der Waals surface area contributed by atoms with Gasteiger partial charge in [0.15, 0.2) is 0 Å². The lowest BCUT2D eigenvalue weighted by atomic mass is 10.2. The highest BCUT2D eigenvalue weighted by atomic mass is 16.5. The first-order valence-electron chi connectivity index (χ1n) is 6.74. The molecule has 0 radical (unpaired) electrons. The molecular formula is C15H18N2O3. The molecule has 1 aromatic heterocycles. The van der Waals surface area contributed by atoms with Crippen molar-refractivity contribution in [3.05, 3.63) is 29.6 Å². The molecule has 0 aliphatic carbocycles. The van der Waals surface area contributed by atoms with Crippen LogP contribution < -0.4 is 0 Å². The van der Waals surface area contributed by atoms with Crippen LogP contribution in [0.1, 0.15) is 28.9 Å². The summed E-state index contributed by atoms with van der Waals surface area (Å²) in [4.78, 5) is 18.2. The first kappa shape index (κ1) is 14.5. The summed E-state index contributed by atoms with van der Waals surface area (Å²) < 4.78 is 5.33. The maximum Gasteiger partial charge on any atom is 0.272 e. The van der Waals surface area contributed by atoms with E-state index in [4.69, 9.17) is 9.84 Å². The first-order chi connectivity index (χ1) is 9.81. The van der Waals surface area contributed by atoms with Gasteiger partial charge in [0.25, 0.3) is 5.91 Å². The number of ether oxygens (including phenoxy) is 1. The Morgan fingerprint density at radius 3 is 3.05 bits per heavy atom. The largest absolute Gasteiger partial charge is 0.395 e. The number of nitrogens with zero attached hydrogens (tertiary/aromatic N) is 2. The Balaban J connectivity index is 2.01. The maximum atomic E-state index is 12.3. The molecule has 5 nitrogen and oxygen atoms in total. The van der Waals surface area contributed by atoms with Crippen LogP contribution >= 0.6 is 0 Å². The van der Waals surface area contributed by atoms with Crippen molar-refractivity contribution in [1.82, 2.24) is 9.88 Å². The van der Waals surface area contributed by atoms with E-state index in [0.717, 1.165) is 12.0 Å². The Hall–Kier alpha value is -1.90. The van der Waals surface area contributed by atoms with Crippen molar-refractivity contribution in [2.75, 3.05) is 32.9 Å². The first-order valence-corrected chi connectivity index (χ1v) is 6.74. The zero-order valence-electron chi connectivity index (χ0n) is 11.3. The molecule has 5 heteroatoms. The Bertz CT molecular complexity index is 494. The molecule has 2 heterocycles. The van der Waals surface area contributed by atoms with E-state index in [1.165, 1.54) is 0 Å². The molecule has 0 atom stereocenters. The fourth-order valence-corrected chi connectivity index (χ4v) is 1.93. The molecule has 106 valence electrons. The van der Waals surface area contributed by atoms with Gasteiger partial charge in [-0.1, -0.05) is 11.8 Å². The van der Waals surface area contributed by atoms with Gasteiger partial charge in [0.1, 0.15) is 5.69 Å². The Labute approximate surface area is 118 Å². The molecule has 0 aromatic carbocycles. The molecule has 0 spiro atoms. The zero-order valence-corrected chi connectivity index (χ0v) is 11.3. The van der Waals surface area contributed by atoms with Crippen LogP contribution in [0.15, 0.2) is 18.3 Å². The van der Waals surface area contributed by atoms with Crippen molar-refractivity contribution in [3.63, 3.8) is 0 Å². The summed E-state index contributed by atoms with van der Waals surface area (Å²) >= 11 is 0. The fraction of sp³-hybridized carbons (Fsp3) is 0.467. The van der Waals surface area contributed by atoms with Crippen LogP contribution in [0.25, 0.3) is 0 Å². The number of carbonyl (C=O) groups is 1. The second-order valence-electron chi connectivity index (χ2n) is 4.47. The van der Waals surface area contributed by atoms with Gasteiger partial charge in [0, 0.05) is 37.9 Å². The van der Waals surface area contributed by atoms with E-state index in [2.05, 4.69) is 16.8 Å². The standard InChI is InChI=1S/C15H18N2O3/c18-9-2-1-4-13-5-6-14(16-12-13)15(19)17-7-3-10-20-11-8-17/h5-6,12,18H,2-3,7-11H2. The predicted octanol–water partition coefficient (Wildman–Crippen LogP) is 0.678. The van der Waals surface area contributed by atoms with Crippen LogP contribution in [-0.2, 0) is 4.74 Å². The van der Waals surface area contributed by atoms with Crippen molar-refractivity contribution < 1.29 is 14.6 Å². The molecule has 1 aliphatic rings. The van der Waals surface area contributed by atoms with Crippen molar-refractivity contribution in [3.8, 4) is 11.8 Å². The number of hydrogen-bond donors (Lipinski definition) is 1. The van der Waals surface area contributed by atoms with Gasteiger partial charge in [-0.15, -0.1) is 0 Å². The molecule has 1 amide bonds. The molecular weight excluding hydrogens is 256 g/mol. The molecule has 1 saturated heterocycles. The van der Waals surface area contributed by atoms with Crippen LogP contribution in [0, 0.1) is 11.8 Å². The predicted molar refractivity (Wildman–Crippen MR) is 74.2 cm³/mol. The van der Waals surface area contributed by atoms with E-state index < -0.39 is 0 Å². The molecule has 0 unspecified atom stereocenters. The molecule has 1 N–H and O–H groups in total. The van der Waals surface area contributed by atoms with Crippen LogP contribution in [0.5, 0.6) is 0 Å². The lowest BCUT2D eigenvalue weighted by Crippen LogP contribution is -2.33. The minimum Gasteiger partial charge on any atom is -0.395 e. The highest BCUT2D eigenvalue weighted by Crippen LogP contribution is 2.07. The lowest BCUT2D eigenvalue weighted by molar-refractivity contribution is 0.0735. The van der Waals surface area contributed by atoms with Gasteiger partial charge in [0.05, 0.1) is 13.2 Å². The van der Waals surface area contributed by atoms with Crippen molar-refractivity contribution >= 4 is 5.91 Å². The third-order valence-corrected chi connectivity index (χ3v) is 2.96. The van der Waals surface area contributed by atoms with E-state index in [9.17, 15) is 4.79 Å². The van der Waals surface area contributed by atoms with Crippen molar-refractivity contribution in [2.45, 2.75) is 12.8 Å². The minimum atomic E-state index is -0.0645. The summed E-state index contributed by atoms with van der Waals surface area (Å²) in [6.45, 7) is 2.65. The Morgan fingerprint density at radius 1 is 1.40 bits per heavy atom. The highest BCUT2D eigenvalue weighted by molar-refractivity contribution is 5.92. The number of pyridine rings is 1. The Morgan fingerprint density at radius 2 is 2.30 bits per heavy atom. The molecule has 0 bridgehead atoms. The van der Waals surface area contributed by atoms with E-state index >= 15 is 0 Å². The fourth-order valence-electron chi connectivity index (χ4n) is 1.93. The van der Waals surface area contributed by atoms with Gasteiger partial charge in [-0.05, 0) is 18.6 Å². The number of carbonyl (C=O) groups excluding carboxylic acids is 1. The van der Waals surface area contributed by atoms with Crippen molar-refractivity contribution in [1.29, 1.82) is 0 Å². The van der Waals surface area contributed by atoms with Crippen LogP contribution in [0.3, 0.4) is 0 Å². The molecule has 1 aromatic rings. The van der Waals surface area contributed by atoms with Crippen LogP contribution in [0.2, 0.25) is 0 Å². The summed E-state index contributed by atoms with van der Waals surface area (Å²) in [5, 5.41) is 8.65. The second-order valence-corrected chi connectivity index (χ2v) is 4.47.